The summed E-state index contributed by atoms with van der Waals surface area (Å²) in [4.78, 5) is 11.4. The smallest absolute Gasteiger partial charge is 0.310 e. The summed E-state index contributed by atoms with van der Waals surface area (Å²) < 4.78 is 29.7. The first-order valence-electron chi connectivity index (χ1n) is 5.48. The second-order valence-corrected chi connectivity index (χ2v) is 6.33. The molecule has 0 aliphatic carbocycles. The molecule has 0 amide bonds. The standard InChI is InChI=1S/C10H19NO4S/c1-4-5-16(13,14)11-6-8(2)9(7-11)10(12)15-3/h8-9H,4-7H2,1-3H3. The van der Waals surface area contributed by atoms with E-state index in [9.17, 15) is 13.2 Å². The van der Waals surface area contributed by atoms with Crippen LogP contribution in [0, 0.1) is 11.8 Å². The highest BCUT2D eigenvalue weighted by Crippen LogP contribution is 2.26. The maximum Gasteiger partial charge on any atom is 0.310 e. The Kier molecular flexibility index (Phi) is 4.32. The molecule has 0 spiro atoms. The Morgan fingerprint density at radius 1 is 1.44 bits per heavy atom. The van der Waals surface area contributed by atoms with E-state index < -0.39 is 10.0 Å². The SMILES string of the molecule is CCCS(=O)(=O)N1CC(C)C(C(=O)OC)C1. The quantitative estimate of drug-likeness (QED) is 0.679. The number of esters is 1. The zero-order valence-electron chi connectivity index (χ0n) is 9.97. The second kappa shape index (κ2) is 5.14. The molecule has 0 aromatic rings. The lowest BCUT2D eigenvalue weighted by molar-refractivity contribution is -0.145. The number of carbonyl (C=O) groups is 1. The van der Waals surface area contributed by atoms with Gasteiger partial charge in [0.2, 0.25) is 10.0 Å². The van der Waals surface area contributed by atoms with Crippen molar-refractivity contribution in [2.45, 2.75) is 20.3 Å². The van der Waals surface area contributed by atoms with Gasteiger partial charge in [-0.3, -0.25) is 4.79 Å². The number of carbonyl (C=O) groups excluding carboxylic acids is 1. The summed E-state index contributed by atoms with van der Waals surface area (Å²) in [5, 5.41) is 0. The van der Waals surface area contributed by atoms with Crippen LogP contribution < -0.4 is 0 Å². The highest BCUT2D eigenvalue weighted by Gasteiger charge is 2.40. The Morgan fingerprint density at radius 2 is 2.06 bits per heavy atom. The molecular formula is C10H19NO4S. The molecule has 1 aliphatic rings. The van der Waals surface area contributed by atoms with E-state index in [4.69, 9.17) is 0 Å². The number of hydrogen-bond acceptors (Lipinski definition) is 4. The fourth-order valence-electron chi connectivity index (χ4n) is 1.99. The molecule has 2 unspecified atom stereocenters. The number of hydrogen-bond donors (Lipinski definition) is 0. The summed E-state index contributed by atoms with van der Waals surface area (Å²) in [6, 6.07) is 0. The van der Waals surface area contributed by atoms with E-state index >= 15 is 0 Å². The zero-order chi connectivity index (χ0) is 12.3. The van der Waals surface area contributed by atoms with Crippen molar-refractivity contribution < 1.29 is 17.9 Å². The van der Waals surface area contributed by atoms with Crippen molar-refractivity contribution in [3.05, 3.63) is 0 Å². The van der Waals surface area contributed by atoms with Gasteiger partial charge in [0.15, 0.2) is 0 Å². The summed E-state index contributed by atoms with van der Waals surface area (Å²) in [6.07, 6.45) is 0.593. The van der Waals surface area contributed by atoms with Gasteiger partial charge in [0, 0.05) is 13.1 Å². The van der Waals surface area contributed by atoms with Crippen molar-refractivity contribution in [2.75, 3.05) is 26.0 Å². The Bertz CT molecular complexity index is 352. The maximum atomic E-state index is 11.8. The van der Waals surface area contributed by atoms with Crippen molar-refractivity contribution in [2.24, 2.45) is 11.8 Å². The van der Waals surface area contributed by atoms with Crippen LogP contribution in [0.15, 0.2) is 0 Å². The number of sulfonamides is 1. The molecule has 0 N–H and O–H groups in total. The lowest BCUT2D eigenvalue weighted by Crippen LogP contribution is -2.32. The van der Waals surface area contributed by atoms with Crippen LogP contribution in [-0.4, -0.2) is 44.6 Å². The zero-order valence-corrected chi connectivity index (χ0v) is 10.8. The van der Waals surface area contributed by atoms with Gasteiger partial charge in [0.05, 0.1) is 18.8 Å². The molecule has 1 fully saturated rings. The van der Waals surface area contributed by atoms with Gasteiger partial charge < -0.3 is 4.74 Å². The summed E-state index contributed by atoms with van der Waals surface area (Å²) in [5.41, 5.74) is 0. The van der Waals surface area contributed by atoms with Gasteiger partial charge in [0.1, 0.15) is 0 Å². The molecule has 0 aromatic heterocycles. The Labute approximate surface area is 96.8 Å². The second-order valence-electron chi connectivity index (χ2n) is 4.24. The topological polar surface area (TPSA) is 63.7 Å². The van der Waals surface area contributed by atoms with Crippen LogP contribution in [0.1, 0.15) is 20.3 Å². The first kappa shape index (κ1) is 13.4. The largest absolute Gasteiger partial charge is 0.469 e. The van der Waals surface area contributed by atoms with E-state index in [1.54, 1.807) is 0 Å². The van der Waals surface area contributed by atoms with E-state index in [2.05, 4.69) is 4.74 Å². The van der Waals surface area contributed by atoms with Gasteiger partial charge in [-0.2, -0.15) is 0 Å². The summed E-state index contributed by atoms with van der Waals surface area (Å²) in [7, 11) is -1.86. The summed E-state index contributed by atoms with van der Waals surface area (Å²) in [5.74, 6) is -0.467. The number of ether oxygens (including phenoxy) is 1. The van der Waals surface area contributed by atoms with Crippen LogP contribution in [0.25, 0.3) is 0 Å². The lowest BCUT2D eigenvalue weighted by atomic mass is 9.99. The molecule has 5 nitrogen and oxygen atoms in total. The molecule has 0 aromatic carbocycles. The molecule has 1 heterocycles. The van der Waals surface area contributed by atoms with Gasteiger partial charge in [-0.15, -0.1) is 0 Å². The normalized spacial score (nSPS) is 26.9. The van der Waals surface area contributed by atoms with Crippen LogP contribution in [0.4, 0.5) is 0 Å². The predicted molar refractivity (Wildman–Crippen MR) is 60.3 cm³/mol. The van der Waals surface area contributed by atoms with E-state index in [0.29, 0.717) is 13.0 Å². The monoisotopic (exact) mass is 249 g/mol. The minimum absolute atomic E-state index is 0.0269. The minimum Gasteiger partial charge on any atom is -0.469 e. The lowest BCUT2D eigenvalue weighted by Gasteiger charge is -2.15. The van der Waals surface area contributed by atoms with Crippen molar-refractivity contribution in [1.29, 1.82) is 0 Å². The van der Waals surface area contributed by atoms with Gasteiger partial charge in [0.25, 0.3) is 0 Å². The van der Waals surface area contributed by atoms with Crippen LogP contribution in [-0.2, 0) is 19.6 Å². The van der Waals surface area contributed by atoms with Crippen molar-refractivity contribution in [1.82, 2.24) is 4.31 Å². The Morgan fingerprint density at radius 3 is 2.56 bits per heavy atom. The minimum atomic E-state index is -3.19. The summed E-state index contributed by atoms with van der Waals surface area (Å²) in [6.45, 7) is 4.39. The highest BCUT2D eigenvalue weighted by molar-refractivity contribution is 7.89. The van der Waals surface area contributed by atoms with Gasteiger partial charge >= 0.3 is 5.97 Å². The third-order valence-corrected chi connectivity index (χ3v) is 4.95. The molecule has 1 aliphatic heterocycles. The van der Waals surface area contributed by atoms with Crippen LogP contribution in [0.3, 0.4) is 0 Å². The fourth-order valence-corrected chi connectivity index (χ4v) is 3.62. The first-order valence-corrected chi connectivity index (χ1v) is 7.09. The van der Waals surface area contributed by atoms with E-state index in [1.807, 2.05) is 13.8 Å². The molecule has 6 heteroatoms. The third-order valence-electron chi connectivity index (χ3n) is 2.94. The Hall–Kier alpha value is -0.620. The van der Waals surface area contributed by atoms with Gasteiger partial charge in [-0.05, 0) is 12.3 Å². The Balaban J connectivity index is 2.73. The molecule has 0 radical (unpaired) electrons. The third kappa shape index (κ3) is 2.74. The molecule has 0 bridgehead atoms. The number of methoxy groups -OCH3 is 1. The van der Waals surface area contributed by atoms with Crippen molar-refractivity contribution in [3.8, 4) is 0 Å². The van der Waals surface area contributed by atoms with E-state index in [0.717, 1.165) is 0 Å². The predicted octanol–water partition coefficient (Wildman–Crippen LogP) is 0.467. The molecule has 94 valence electrons. The first-order chi connectivity index (χ1) is 7.42. The van der Waals surface area contributed by atoms with E-state index in [1.165, 1.54) is 11.4 Å². The fraction of sp³-hybridized carbons (Fsp3) is 0.900. The molecular weight excluding hydrogens is 230 g/mol. The molecule has 2 atom stereocenters. The van der Waals surface area contributed by atoms with Crippen LogP contribution >= 0.6 is 0 Å². The van der Waals surface area contributed by atoms with Crippen molar-refractivity contribution in [3.63, 3.8) is 0 Å². The van der Waals surface area contributed by atoms with Crippen LogP contribution in [0.2, 0.25) is 0 Å². The molecule has 1 saturated heterocycles. The van der Waals surface area contributed by atoms with Gasteiger partial charge in [-0.25, -0.2) is 12.7 Å². The van der Waals surface area contributed by atoms with Gasteiger partial charge in [-0.1, -0.05) is 13.8 Å². The van der Waals surface area contributed by atoms with Crippen molar-refractivity contribution >= 4 is 16.0 Å². The average Bonchev–Trinajstić information content (AvgIpc) is 2.60. The average molecular weight is 249 g/mol. The highest BCUT2D eigenvalue weighted by atomic mass is 32.2. The molecule has 1 rings (SSSR count). The van der Waals surface area contributed by atoms with E-state index in [-0.39, 0.29) is 30.1 Å². The van der Waals surface area contributed by atoms with Crippen LogP contribution in [0.5, 0.6) is 0 Å². The maximum absolute atomic E-state index is 11.8. The molecule has 16 heavy (non-hydrogen) atoms. The summed E-state index contributed by atoms with van der Waals surface area (Å²) >= 11 is 0. The number of rotatable bonds is 4. The molecule has 0 saturated carbocycles. The number of nitrogens with zero attached hydrogens (tertiary/aromatic N) is 1.